The number of carbonyl (C=O) groups is 1. The normalized spacial score (nSPS) is 15.7. The topological polar surface area (TPSA) is 85.4 Å². The van der Waals surface area contributed by atoms with E-state index in [1.54, 1.807) is 18.3 Å². The van der Waals surface area contributed by atoms with Crippen molar-refractivity contribution in [3.8, 4) is 0 Å². The highest BCUT2D eigenvalue weighted by atomic mass is 28.3. The van der Waals surface area contributed by atoms with Crippen molar-refractivity contribution in [3.63, 3.8) is 0 Å². The molecule has 1 amide bonds. The molecule has 0 aromatic carbocycles. The van der Waals surface area contributed by atoms with E-state index in [2.05, 4.69) is 9.64 Å². The predicted octanol–water partition coefficient (Wildman–Crippen LogP) is 2.88. The summed E-state index contributed by atoms with van der Waals surface area (Å²) in [5, 5.41) is -0.323. The van der Waals surface area contributed by atoms with E-state index >= 15 is 0 Å². The summed E-state index contributed by atoms with van der Waals surface area (Å²) < 4.78 is 16.9. The SMILES string of the molecule is CC(C)(C)[Si](=O)/N=C(\CCC1CC1)c1ccc(C(N)=O)nc1. The Labute approximate surface area is 132 Å². The molecule has 1 aliphatic carbocycles. The van der Waals surface area contributed by atoms with Crippen LogP contribution in [0.4, 0.5) is 0 Å². The smallest absolute Gasteiger partial charge is 0.364 e. The summed E-state index contributed by atoms with van der Waals surface area (Å²) in [6.07, 6.45) is 6.02. The number of amides is 1. The average molecular weight is 317 g/mol. The lowest BCUT2D eigenvalue weighted by molar-refractivity contribution is 0.0995. The molecule has 0 aliphatic heterocycles. The number of nitrogens with zero attached hydrogens (tertiary/aromatic N) is 2. The van der Waals surface area contributed by atoms with Crippen molar-refractivity contribution < 1.29 is 9.26 Å². The summed E-state index contributed by atoms with van der Waals surface area (Å²) in [4.78, 5) is 15.2. The zero-order valence-electron chi connectivity index (χ0n) is 13.4. The summed E-state index contributed by atoms with van der Waals surface area (Å²) in [5.74, 6) is 0.228. The van der Waals surface area contributed by atoms with Gasteiger partial charge in [0, 0.05) is 22.5 Å². The van der Waals surface area contributed by atoms with Crippen LogP contribution in [0.25, 0.3) is 0 Å². The maximum absolute atomic E-state index is 12.4. The monoisotopic (exact) mass is 317 g/mol. The van der Waals surface area contributed by atoms with Crippen molar-refractivity contribution >= 4 is 20.5 Å². The summed E-state index contributed by atoms with van der Waals surface area (Å²) >= 11 is 0. The maximum atomic E-state index is 12.4. The summed E-state index contributed by atoms with van der Waals surface area (Å²) in [6, 6.07) is 3.38. The van der Waals surface area contributed by atoms with Crippen molar-refractivity contribution in [3.05, 3.63) is 29.6 Å². The van der Waals surface area contributed by atoms with Gasteiger partial charge in [-0.15, -0.1) is 0 Å². The largest absolute Gasteiger partial charge is 0.424 e. The molecule has 1 aromatic rings. The number of hydrogen-bond donors (Lipinski definition) is 1. The van der Waals surface area contributed by atoms with Gasteiger partial charge in [-0.1, -0.05) is 33.6 Å². The minimum absolute atomic E-state index is 0.230. The first kappa shape index (κ1) is 16.7. The Morgan fingerprint density at radius 3 is 2.55 bits per heavy atom. The van der Waals surface area contributed by atoms with Crippen LogP contribution in [0.15, 0.2) is 23.0 Å². The van der Waals surface area contributed by atoms with Crippen LogP contribution in [-0.2, 0) is 4.46 Å². The number of hydrogen-bond acceptors (Lipinski definition) is 3. The molecule has 6 heteroatoms. The molecule has 1 heterocycles. The highest BCUT2D eigenvalue weighted by molar-refractivity contribution is 6.47. The minimum Gasteiger partial charge on any atom is -0.364 e. The molecule has 1 fully saturated rings. The van der Waals surface area contributed by atoms with Crippen LogP contribution in [0.5, 0.6) is 0 Å². The molecule has 0 bridgehead atoms. The van der Waals surface area contributed by atoms with Gasteiger partial charge in [0.1, 0.15) is 5.69 Å². The van der Waals surface area contributed by atoms with E-state index in [9.17, 15) is 9.26 Å². The molecule has 118 valence electrons. The van der Waals surface area contributed by atoms with Crippen LogP contribution in [0, 0.1) is 5.92 Å². The van der Waals surface area contributed by atoms with Crippen LogP contribution in [0.1, 0.15) is 62.5 Å². The van der Waals surface area contributed by atoms with Crippen LogP contribution >= 0.6 is 0 Å². The molecular weight excluding hydrogens is 294 g/mol. The Kier molecular flexibility index (Phi) is 5.00. The van der Waals surface area contributed by atoms with Gasteiger partial charge in [-0.05, 0) is 30.9 Å². The number of aromatic nitrogens is 1. The maximum Gasteiger partial charge on any atom is 0.424 e. The first-order chi connectivity index (χ1) is 10.3. The van der Waals surface area contributed by atoms with Gasteiger partial charge in [0.05, 0.1) is 0 Å². The van der Waals surface area contributed by atoms with E-state index < -0.39 is 14.8 Å². The lowest BCUT2D eigenvalue weighted by Gasteiger charge is -2.13. The second-order valence-corrected chi connectivity index (χ2v) is 9.23. The standard InChI is InChI=1S/C16H23N3O2Si/c1-16(2,3)22(21)19-13(8-6-11-4-5-11)12-7-9-14(15(17)20)18-10-12/h7,9-11H,4-6,8H2,1-3H3,(H2,17,20)/b19-13+. The Morgan fingerprint density at radius 1 is 1.41 bits per heavy atom. The Balaban J connectivity index is 2.24. The highest BCUT2D eigenvalue weighted by Gasteiger charge is 2.26. The van der Waals surface area contributed by atoms with Gasteiger partial charge in [-0.25, -0.2) is 0 Å². The molecule has 2 rings (SSSR count). The van der Waals surface area contributed by atoms with E-state index in [0.717, 1.165) is 30.0 Å². The highest BCUT2D eigenvalue weighted by Crippen LogP contribution is 2.34. The third-order valence-electron chi connectivity index (χ3n) is 3.71. The fraction of sp³-hybridized carbons (Fsp3) is 0.562. The van der Waals surface area contributed by atoms with E-state index in [-0.39, 0.29) is 10.7 Å². The zero-order chi connectivity index (χ0) is 16.3. The summed E-state index contributed by atoms with van der Waals surface area (Å²) in [7, 11) is -2.09. The van der Waals surface area contributed by atoms with Crippen molar-refractivity contribution in [2.75, 3.05) is 0 Å². The molecule has 0 radical (unpaired) electrons. The third-order valence-corrected chi connectivity index (χ3v) is 5.47. The average Bonchev–Trinajstić information content (AvgIpc) is 3.26. The van der Waals surface area contributed by atoms with E-state index in [0.29, 0.717) is 0 Å². The van der Waals surface area contributed by atoms with Gasteiger partial charge in [0.25, 0.3) is 5.91 Å². The molecule has 1 aromatic heterocycles. The van der Waals surface area contributed by atoms with E-state index in [1.165, 1.54) is 12.8 Å². The number of pyridine rings is 1. The van der Waals surface area contributed by atoms with E-state index in [1.807, 2.05) is 20.8 Å². The second kappa shape index (κ2) is 6.60. The van der Waals surface area contributed by atoms with Crippen LogP contribution in [0.3, 0.4) is 0 Å². The first-order valence-electron chi connectivity index (χ1n) is 7.65. The van der Waals surface area contributed by atoms with Gasteiger partial charge in [0.2, 0.25) is 0 Å². The number of rotatable bonds is 6. The fourth-order valence-electron chi connectivity index (χ4n) is 2.01. The molecule has 5 nitrogen and oxygen atoms in total. The lowest BCUT2D eigenvalue weighted by atomic mass is 10.1. The van der Waals surface area contributed by atoms with Crippen molar-refractivity contribution in [1.82, 2.24) is 4.98 Å². The Hall–Kier alpha value is -1.69. The second-order valence-electron chi connectivity index (χ2n) is 6.89. The van der Waals surface area contributed by atoms with Crippen molar-refractivity contribution in [2.24, 2.45) is 16.3 Å². The van der Waals surface area contributed by atoms with Crippen molar-refractivity contribution in [2.45, 2.75) is 51.5 Å². The van der Waals surface area contributed by atoms with Gasteiger partial charge in [-0.3, -0.25) is 14.4 Å². The lowest BCUT2D eigenvalue weighted by Crippen LogP contribution is -2.17. The predicted molar refractivity (Wildman–Crippen MR) is 87.4 cm³/mol. The zero-order valence-corrected chi connectivity index (χ0v) is 14.4. The first-order valence-corrected chi connectivity index (χ1v) is 9.01. The summed E-state index contributed by atoms with van der Waals surface area (Å²) in [5.41, 5.74) is 7.09. The molecular formula is C16H23N3O2Si. The molecule has 0 atom stereocenters. The van der Waals surface area contributed by atoms with Crippen LogP contribution < -0.4 is 5.73 Å². The summed E-state index contributed by atoms with van der Waals surface area (Å²) in [6.45, 7) is 5.81. The van der Waals surface area contributed by atoms with Crippen LogP contribution in [0.2, 0.25) is 5.04 Å². The van der Waals surface area contributed by atoms with Crippen molar-refractivity contribution in [1.29, 1.82) is 0 Å². The third kappa shape index (κ3) is 4.66. The number of primary amides is 1. The minimum atomic E-state index is -2.09. The number of carbonyl (C=O) groups excluding carboxylic acids is 1. The fourth-order valence-corrected chi connectivity index (χ4v) is 2.83. The van der Waals surface area contributed by atoms with Gasteiger partial charge in [0.15, 0.2) is 0 Å². The molecule has 0 spiro atoms. The van der Waals surface area contributed by atoms with Gasteiger partial charge in [-0.2, -0.15) is 0 Å². The van der Waals surface area contributed by atoms with Crippen LogP contribution in [-0.4, -0.2) is 25.4 Å². The van der Waals surface area contributed by atoms with E-state index in [4.69, 9.17) is 5.73 Å². The molecule has 0 saturated heterocycles. The molecule has 0 unspecified atom stereocenters. The molecule has 1 saturated carbocycles. The number of nitrogens with two attached hydrogens (primary N) is 1. The molecule has 2 N–H and O–H groups in total. The Bertz CT molecular complexity index is 599. The quantitative estimate of drug-likeness (QED) is 0.646. The van der Waals surface area contributed by atoms with Gasteiger partial charge < -0.3 is 10.2 Å². The van der Waals surface area contributed by atoms with Gasteiger partial charge >= 0.3 is 8.84 Å². The molecule has 1 aliphatic rings. The Morgan fingerprint density at radius 2 is 2.09 bits per heavy atom. The molecule has 22 heavy (non-hydrogen) atoms.